The third-order valence-corrected chi connectivity index (χ3v) is 4.76. The lowest BCUT2D eigenvalue weighted by Crippen LogP contribution is -2.36. The molecule has 1 aromatic heterocycles. The number of carbonyl (C=O) groups excluding carboxylic acids is 2. The number of nitrogens with zero attached hydrogens (tertiary/aromatic N) is 4. The molecule has 0 saturated carbocycles. The van der Waals surface area contributed by atoms with Crippen molar-refractivity contribution in [1.82, 2.24) is 19.6 Å². The molecular weight excluding hydrogens is 340 g/mol. The number of hydrogen-bond donors (Lipinski definition) is 0. The van der Waals surface area contributed by atoms with Crippen LogP contribution in [0.2, 0.25) is 5.02 Å². The smallest absolute Gasteiger partial charge is 0.257 e. The van der Waals surface area contributed by atoms with E-state index in [1.54, 1.807) is 33.7 Å². The Hall–Kier alpha value is -2.34. The molecule has 1 aliphatic rings. The van der Waals surface area contributed by atoms with Crippen LogP contribution in [0.15, 0.2) is 30.5 Å². The van der Waals surface area contributed by atoms with Crippen LogP contribution >= 0.6 is 11.6 Å². The van der Waals surface area contributed by atoms with E-state index in [1.807, 2.05) is 25.1 Å². The molecule has 1 saturated heterocycles. The van der Waals surface area contributed by atoms with Crippen LogP contribution in [-0.4, -0.2) is 57.6 Å². The lowest BCUT2D eigenvalue weighted by Gasteiger charge is -2.21. The van der Waals surface area contributed by atoms with Crippen molar-refractivity contribution in [2.45, 2.75) is 20.3 Å². The summed E-state index contributed by atoms with van der Waals surface area (Å²) in [5, 5.41) is 4.98. The largest absolute Gasteiger partial charge is 0.341 e. The van der Waals surface area contributed by atoms with Crippen LogP contribution in [-0.2, 0) is 4.79 Å². The molecule has 2 heterocycles. The zero-order chi connectivity index (χ0) is 18.0. The van der Waals surface area contributed by atoms with Crippen LogP contribution in [0.25, 0.3) is 5.69 Å². The predicted octanol–water partition coefficient (Wildman–Crippen LogP) is 2.53. The van der Waals surface area contributed by atoms with Gasteiger partial charge in [-0.1, -0.05) is 17.7 Å². The first-order valence-electron chi connectivity index (χ1n) is 8.32. The molecule has 132 valence electrons. The minimum absolute atomic E-state index is 0.0452. The quantitative estimate of drug-likeness (QED) is 0.826. The normalized spacial score (nSPS) is 15.2. The summed E-state index contributed by atoms with van der Waals surface area (Å²) in [6.07, 6.45) is 2.39. The van der Waals surface area contributed by atoms with Crippen molar-refractivity contribution in [2.24, 2.45) is 0 Å². The molecule has 7 heteroatoms. The number of halogens is 1. The molecule has 25 heavy (non-hydrogen) atoms. The third-order valence-electron chi connectivity index (χ3n) is 4.52. The Morgan fingerprint density at radius 2 is 1.84 bits per heavy atom. The average Bonchev–Trinajstić information content (AvgIpc) is 2.81. The monoisotopic (exact) mass is 360 g/mol. The first-order valence-corrected chi connectivity index (χ1v) is 8.70. The predicted molar refractivity (Wildman–Crippen MR) is 96.1 cm³/mol. The number of rotatable bonds is 2. The molecular formula is C18H21ClN4O2. The van der Waals surface area contributed by atoms with Gasteiger partial charge in [-0.25, -0.2) is 4.68 Å². The van der Waals surface area contributed by atoms with Crippen LogP contribution in [0.4, 0.5) is 0 Å². The summed E-state index contributed by atoms with van der Waals surface area (Å²) in [5.74, 6) is 0.00966. The second-order valence-corrected chi connectivity index (χ2v) is 6.62. The molecule has 2 aromatic rings. The lowest BCUT2D eigenvalue weighted by molar-refractivity contribution is -0.128. The highest BCUT2D eigenvalue weighted by molar-refractivity contribution is 6.30. The van der Waals surface area contributed by atoms with Gasteiger partial charge in [0, 0.05) is 38.1 Å². The number of aromatic nitrogens is 2. The first-order chi connectivity index (χ1) is 12.0. The van der Waals surface area contributed by atoms with E-state index in [9.17, 15) is 9.59 Å². The summed E-state index contributed by atoms with van der Waals surface area (Å²) in [4.78, 5) is 28.0. The van der Waals surface area contributed by atoms with Gasteiger partial charge in [-0.15, -0.1) is 0 Å². The summed E-state index contributed by atoms with van der Waals surface area (Å²) >= 11 is 6.05. The molecule has 0 radical (unpaired) electrons. The number of benzene rings is 1. The maximum absolute atomic E-state index is 12.9. The van der Waals surface area contributed by atoms with Gasteiger partial charge in [-0.2, -0.15) is 5.10 Å². The molecule has 0 atom stereocenters. The van der Waals surface area contributed by atoms with Gasteiger partial charge >= 0.3 is 0 Å². The Labute approximate surface area is 152 Å². The maximum atomic E-state index is 12.9. The maximum Gasteiger partial charge on any atom is 0.257 e. The minimum atomic E-state index is -0.0452. The van der Waals surface area contributed by atoms with Gasteiger partial charge in [0.2, 0.25) is 5.91 Å². The van der Waals surface area contributed by atoms with Crippen LogP contribution in [0, 0.1) is 6.92 Å². The highest BCUT2D eigenvalue weighted by atomic mass is 35.5. The Bertz CT molecular complexity index is 802. The van der Waals surface area contributed by atoms with E-state index in [1.165, 1.54) is 0 Å². The van der Waals surface area contributed by atoms with Crippen LogP contribution in [0.5, 0.6) is 0 Å². The fraction of sp³-hybridized carbons (Fsp3) is 0.389. The second-order valence-electron chi connectivity index (χ2n) is 6.19. The third kappa shape index (κ3) is 3.69. The minimum Gasteiger partial charge on any atom is -0.341 e. The zero-order valence-corrected chi connectivity index (χ0v) is 15.2. The van der Waals surface area contributed by atoms with Crippen molar-refractivity contribution in [3.8, 4) is 5.69 Å². The summed E-state index contributed by atoms with van der Waals surface area (Å²) in [5.41, 5.74) is 2.18. The fourth-order valence-electron chi connectivity index (χ4n) is 3.09. The molecule has 0 aliphatic carbocycles. The van der Waals surface area contributed by atoms with Crippen molar-refractivity contribution in [1.29, 1.82) is 0 Å². The first kappa shape index (κ1) is 17.5. The van der Waals surface area contributed by atoms with Gasteiger partial charge < -0.3 is 9.80 Å². The molecule has 0 unspecified atom stereocenters. The van der Waals surface area contributed by atoms with E-state index in [-0.39, 0.29) is 11.8 Å². The number of carbonyl (C=O) groups is 2. The fourth-order valence-corrected chi connectivity index (χ4v) is 3.28. The Balaban J connectivity index is 1.80. The van der Waals surface area contributed by atoms with Crippen molar-refractivity contribution >= 4 is 23.4 Å². The molecule has 1 aromatic carbocycles. The Morgan fingerprint density at radius 1 is 1.12 bits per heavy atom. The molecule has 3 rings (SSSR count). The second kappa shape index (κ2) is 7.27. The Kier molecular flexibility index (Phi) is 5.08. The highest BCUT2D eigenvalue weighted by Gasteiger charge is 2.24. The number of hydrogen-bond acceptors (Lipinski definition) is 3. The van der Waals surface area contributed by atoms with Crippen molar-refractivity contribution in [3.05, 3.63) is 46.7 Å². The Morgan fingerprint density at radius 3 is 2.56 bits per heavy atom. The van der Waals surface area contributed by atoms with E-state index in [2.05, 4.69) is 5.10 Å². The summed E-state index contributed by atoms with van der Waals surface area (Å²) in [6.45, 7) is 5.89. The van der Waals surface area contributed by atoms with Crippen molar-refractivity contribution in [3.63, 3.8) is 0 Å². The highest BCUT2D eigenvalue weighted by Crippen LogP contribution is 2.19. The number of amides is 2. The van der Waals surface area contributed by atoms with E-state index < -0.39 is 0 Å². The van der Waals surface area contributed by atoms with Gasteiger partial charge in [0.05, 0.1) is 23.1 Å². The molecule has 1 aliphatic heterocycles. The summed E-state index contributed by atoms with van der Waals surface area (Å²) in [6, 6.07) is 7.36. The average molecular weight is 361 g/mol. The summed E-state index contributed by atoms with van der Waals surface area (Å²) in [7, 11) is 0. The van der Waals surface area contributed by atoms with Crippen LogP contribution in [0.1, 0.15) is 29.4 Å². The standard InChI is InChI=1S/C18H21ClN4O2/c1-13-17(12-20-23(13)16-6-3-5-15(19)11-16)18(25)22-8-4-7-21(9-10-22)14(2)24/h3,5-6,11-12H,4,7-10H2,1-2H3. The van der Waals surface area contributed by atoms with Gasteiger partial charge in [0.15, 0.2) is 0 Å². The van der Waals surface area contributed by atoms with Gasteiger partial charge in [0.25, 0.3) is 5.91 Å². The SMILES string of the molecule is CC(=O)N1CCCN(C(=O)c2cnn(-c3cccc(Cl)c3)c2C)CC1. The van der Waals surface area contributed by atoms with Crippen molar-refractivity contribution < 1.29 is 9.59 Å². The van der Waals surface area contributed by atoms with E-state index in [0.717, 1.165) is 17.8 Å². The molecule has 0 N–H and O–H groups in total. The summed E-state index contributed by atoms with van der Waals surface area (Å²) < 4.78 is 1.72. The molecule has 6 nitrogen and oxygen atoms in total. The van der Waals surface area contributed by atoms with E-state index in [0.29, 0.717) is 36.8 Å². The topological polar surface area (TPSA) is 58.4 Å². The van der Waals surface area contributed by atoms with Gasteiger partial charge in [-0.05, 0) is 31.5 Å². The van der Waals surface area contributed by atoms with E-state index >= 15 is 0 Å². The molecule has 1 fully saturated rings. The van der Waals surface area contributed by atoms with Crippen LogP contribution < -0.4 is 0 Å². The van der Waals surface area contributed by atoms with E-state index in [4.69, 9.17) is 11.6 Å². The van der Waals surface area contributed by atoms with Gasteiger partial charge in [-0.3, -0.25) is 9.59 Å². The van der Waals surface area contributed by atoms with Gasteiger partial charge in [0.1, 0.15) is 0 Å². The lowest BCUT2D eigenvalue weighted by atomic mass is 10.2. The van der Waals surface area contributed by atoms with Crippen LogP contribution in [0.3, 0.4) is 0 Å². The zero-order valence-electron chi connectivity index (χ0n) is 14.4. The van der Waals surface area contributed by atoms with Crippen molar-refractivity contribution in [2.75, 3.05) is 26.2 Å². The molecule has 0 spiro atoms. The molecule has 0 bridgehead atoms. The molecule has 2 amide bonds.